The zero-order valence-corrected chi connectivity index (χ0v) is 16.0. The number of fused-ring (bicyclic) bond motifs is 3. The summed E-state index contributed by atoms with van der Waals surface area (Å²) in [6.45, 7) is 4.51. The second kappa shape index (κ2) is 8.19. The molecule has 1 amide bonds. The summed E-state index contributed by atoms with van der Waals surface area (Å²) in [6, 6.07) is 10.7. The SMILES string of the molecule is C[NH2+]Cc1cn(C[C@H]2C[C@H]3CC[NH+]2C[C@@H]3C(=O)NCc2ccccc2)nn1. The van der Waals surface area contributed by atoms with E-state index in [4.69, 9.17) is 0 Å². The van der Waals surface area contributed by atoms with Gasteiger partial charge in [0.2, 0.25) is 5.91 Å². The number of benzene rings is 1. The molecule has 4 N–H and O–H groups in total. The van der Waals surface area contributed by atoms with Crippen LogP contribution in [0.4, 0.5) is 0 Å². The highest BCUT2D eigenvalue weighted by Crippen LogP contribution is 2.27. The summed E-state index contributed by atoms with van der Waals surface area (Å²) in [5.41, 5.74) is 2.19. The summed E-state index contributed by atoms with van der Waals surface area (Å²) < 4.78 is 1.99. The van der Waals surface area contributed by atoms with Gasteiger partial charge in [0.05, 0.1) is 38.8 Å². The van der Waals surface area contributed by atoms with E-state index in [2.05, 4.69) is 39.3 Å². The Morgan fingerprint density at radius 2 is 2.22 bits per heavy atom. The highest BCUT2D eigenvalue weighted by atomic mass is 16.1. The molecule has 0 saturated carbocycles. The molecule has 4 atom stereocenters. The lowest BCUT2D eigenvalue weighted by Gasteiger charge is -2.46. The minimum atomic E-state index is 0.148. The van der Waals surface area contributed by atoms with Crippen LogP contribution in [-0.2, 0) is 24.4 Å². The standard InChI is InChI=1S/C20H28N6O/c1-21-11-17-12-26(24-23-17)13-18-9-16-7-8-25(18)14-19(16)20(27)22-10-15-5-3-2-4-6-15/h2-6,12,16,18-19,21H,7-11,13-14H2,1H3,(H,22,27)/p+2/t16-,18-,19+/m1/s1. The maximum atomic E-state index is 12.7. The number of nitrogens with zero attached hydrogens (tertiary/aromatic N) is 3. The van der Waals surface area contributed by atoms with E-state index in [0.717, 1.165) is 43.7 Å². The van der Waals surface area contributed by atoms with Crippen LogP contribution in [0.2, 0.25) is 0 Å². The third-order valence-corrected chi connectivity index (χ3v) is 6.11. The van der Waals surface area contributed by atoms with Crippen molar-refractivity contribution in [1.29, 1.82) is 0 Å². The zero-order valence-electron chi connectivity index (χ0n) is 16.0. The fourth-order valence-electron chi connectivity index (χ4n) is 4.69. The summed E-state index contributed by atoms with van der Waals surface area (Å²) in [7, 11) is 2.04. The lowest BCUT2D eigenvalue weighted by Crippen LogP contribution is -3.20. The second-order valence-corrected chi connectivity index (χ2v) is 7.95. The van der Waals surface area contributed by atoms with Crippen molar-refractivity contribution in [3.05, 3.63) is 47.8 Å². The molecule has 0 spiro atoms. The van der Waals surface area contributed by atoms with Crippen LogP contribution >= 0.6 is 0 Å². The molecular weight excluding hydrogens is 340 g/mol. The highest BCUT2D eigenvalue weighted by molar-refractivity contribution is 5.79. The van der Waals surface area contributed by atoms with Gasteiger partial charge in [-0.25, -0.2) is 4.68 Å². The van der Waals surface area contributed by atoms with Gasteiger partial charge in [-0.05, 0) is 11.5 Å². The van der Waals surface area contributed by atoms with Gasteiger partial charge >= 0.3 is 0 Å². The Hall–Kier alpha value is -2.25. The Labute approximate surface area is 160 Å². The normalized spacial score (nSPS) is 26.9. The highest BCUT2D eigenvalue weighted by Gasteiger charge is 2.46. The molecule has 1 aromatic heterocycles. The summed E-state index contributed by atoms with van der Waals surface area (Å²) in [5.74, 6) is 0.867. The number of nitrogens with two attached hydrogens (primary N) is 1. The van der Waals surface area contributed by atoms with Crippen molar-refractivity contribution in [2.45, 2.75) is 38.5 Å². The van der Waals surface area contributed by atoms with Crippen LogP contribution in [0.5, 0.6) is 0 Å². The van der Waals surface area contributed by atoms with E-state index in [0.29, 0.717) is 18.5 Å². The van der Waals surface area contributed by atoms with Crippen molar-refractivity contribution in [2.75, 3.05) is 20.1 Å². The first kappa shape index (κ1) is 18.1. The van der Waals surface area contributed by atoms with Gasteiger partial charge in [-0.1, -0.05) is 35.5 Å². The van der Waals surface area contributed by atoms with Crippen molar-refractivity contribution in [3.8, 4) is 0 Å². The molecule has 27 heavy (non-hydrogen) atoms. The van der Waals surface area contributed by atoms with Gasteiger partial charge < -0.3 is 15.5 Å². The number of aromatic nitrogens is 3. The number of hydrogen-bond donors (Lipinski definition) is 3. The predicted molar refractivity (Wildman–Crippen MR) is 101 cm³/mol. The summed E-state index contributed by atoms with van der Waals surface area (Å²) in [5, 5.41) is 13.8. The number of quaternary nitrogens is 2. The third kappa shape index (κ3) is 4.20. The number of carbonyl (C=O) groups is 1. The van der Waals surface area contributed by atoms with E-state index >= 15 is 0 Å². The van der Waals surface area contributed by atoms with E-state index in [1.807, 2.05) is 29.9 Å². The van der Waals surface area contributed by atoms with Crippen LogP contribution in [0.25, 0.3) is 0 Å². The molecule has 7 nitrogen and oxygen atoms in total. The number of carbonyl (C=O) groups excluding carboxylic acids is 1. The van der Waals surface area contributed by atoms with Crippen LogP contribution in [0.1, 0.15) is 24.1 Å². The first-order valence-electron chi connectivity index (χ1n) is 10.1. The Kier molecular flexibility index (Phi) is 5.50. The van der Waals surface area contributed by atoms with E-state index in [1.165, 1.54) is 6.54 Å². The number of nitrogens with one attached hydrogen (secondary N) is 2. The molecule has 2 aromatic rings. The van der Waals surface area contributed by atoms with Crippen molar-refractivity contribution >= 4 is 5.91 Å². The molecule has 3 aliphatic heterocycles. The molecule has 1 unspecified atom stereocenters. The number of piperidine rings is 3. The lowest BCUT2D eigenvalue weighted by molar-refractivity contribution is -0.945. The van der Waals surface area contributed by atoms with Gasteiger partial charge in [-0.3, -0.25) is 4.79 Å². The largest absolute Gasteiger partial charge is 0.352 e. The quantitative estimate of drug-likeness (QED) is 0.560. The molecule has 144 valence electrons. The molecule has 3 fully saturated rings. The first-order valence-corrected chi connectivity index (χ1v) is 10.1. The Balaban J connectivity index is 1.32. The van der Waals surface area contributed by atoms with E-state index in [1.54, 1.807) is 4.90 Å². The maximum absolute atomic E-state index is 12.7. The maximum Gasteiger partial charge on any atom is 0.229 e. The number of hydrogen-bond acceptors (Lipinski definition) is 3. The van der Waals surface area contributed by atoms with Crippen molar-refractivity contribution in [3.63, 3.8) is 0 Å². The average Bonchev–Trinajstić information content (AvgIpc) is 3.14. The van der Waals surface area contributed by atoms with Gasteiger partial charge in [0.15, 0.2) is 0 Å². The number of amides is 1. The average molecular weight is 371 g/mol. The second-order valence-electron chi connectivity index (χ2n) is 7.95. The van der Waals surface area contributed by atoms with Crippen LogP contribution in [0.3, 0.4) is 0 Å². The summed E-state index contributed by atoms with van der Waals surface area (Å²) >= 11 is 0. The fraction of sp³-hybridized carbons (Fsp3) is 0.550. The lowest BCUT2D eigenvalue weighted by atomic mass is 9.75. The van der Waals surface area contributed by atoms with Gasteiger partial charge in [0.1, 0.15) is 18.3 Å². The van der Waals surface area contributed by atoms with Crippen LogP contribution in [0.15, 0.2) is 36.5 Å². The first-order chi connectivity index (χ1) is 13.2. The van der Waals surface area contributed by atoms with Crippen molar-refractivity contribution in [2.24, 2.45) is 11.8 Å². The Morgan fingerprint density at radius 3 is 2.96 bits per heavy atom. The van der Waals surface area contributed by atoms with Crippen molar-refractivity contribution in [1.82, 2.24) is 20.3 Å². The van der Waals surface area contributed by atoms with Gasteiger partial charge in [-0.15, -0.1) is 5.10 Å². The molecule has 4 heterocycles. The summed E-state index contributed by atoms with van der Waals surface area (Å²) in [4.78, 5) is 14.3. The molecule has 3 saturated heterocycles. The van der Waals surface area contributed by atoms with E-state index < -0.39 is 0 Å². The zero-order chi connectivity index (χ0) is 18.6. The predicted octanol–water partition coefficient (Wildman–Crippen LogP) is -1.42. The monoisotopic (exact) mass is 370 g/mol. The molecule has 0 aliphatic carbocycles. The fourth-order valence-corrected chi connectivity index (χ4v) is 4.69. The molecule has 1 aromatic carbocycles. The molecule has 0 radical (unpaired) electrons. The smallest absolute Gasteiger partial charge is 0.229 e. The van der Waals surface area contributed by atoms with E-state index in [9.17, 15) is 4.79 Å². The summed E-state index contributed by atoms with van der Waals surface area (Å²) in [6.07, 6.45) is 4.32. The van der Waals surface area contributed by atoms with Crippen LogP contribution < -0.4 is 15.5 Å². The molecule has 2 bridgehead atoms. The topological polar surface area (TPSA) is 80.9 Å². The Bertz CT molecular complexity index is 761. The molecular formula is C20H30N6O+2. The van der Waals surface area contributed by atoms with Gasteiger partial charge in [-0.2, -0.15) is 0 Å². The minimum absolute atomic E-state index is 0.148. The van der Waals surface area contributed by atoms with Crippen LogP contribution in [-0.4, -0.2) is 47.1 Å². The van der Waals surface area contributed by atoms with Crippen LogP contribution in [0, 0.1) is 11.8 Å². The van der Waals surface area contributed by atoms with Crippen molar-refractivity contribution < 1.29 is 15.0 Å². The minimum Gasteiger partial charge on any atom is -0.352 e. The molecule has 3 aliphatic rings. The molecule has 5 rings (SSSR count). The van der Waals surface area contributed by atoms with E-state index in [-0.39, 0.29) is 11.8 Å². The number of rotatable bonds is 7. The third-order valence-electron chi connectivity index (χ3n) is 6.11. The molecule has 7 heteroatoms. The van der Waals surface area contributed by atoms with Gasteiger partial charge in [0.25, 0.3) is 0 Å². The van der Waals surface area contributed by atoms with Gasteiger partial charge in [0, 0.05) is 19.4 Å². The Morgan fingerprint density at radius 1 is 1.37 bits per heavy atom.